The molecule has 1 aliphatic carbocycles. The van der Waals surface area contributed by atoms with E-state index in [9.17, 15) is 0 Å². The molecule has 1 rings (SSSR count). The first-order valence-corrected chi connectivity index (χ1v) is 5.10. The smallest absolute Gasteiger partial charge is 0.0871 e. The van der Waals surface area contributed by atoms with Gasteiger partial charge in [0.1, 0.15) is 0 Å². The third-order valence-electron chi connectivity index (χ3n) is 2.69. The summed E-state index contributed by atoms with van der Waals surface area (Å²) in [7, 11) is 0. The van der Waals surface area contributed by atoms with Gasteiger partial charge in [-0.25, -0.2) is 0 Å². The Morgan fingerprint density at radius 1 is 1.46 bits per heavy atom. The van der Waals surface area contributed by atoms with Gasteiger partial charge in [-0.3, -0.25) is 4.90 Å². The molecule has 0 heterocycles. The van der Waals surface area contributed by atoms with Gasteiger partial charge in [0.05, 0.1) is 12.6 Å². The lowest BCUT2D eigenvalue weighted by molar-refractivity contribution is 0.246. The molecule has 0 atom stereocenters. The Bertz CT molecular complexity index is 197. The maximum Gasteiger partial charge on any atom is 0.0871 e. The molecule has 72 valence electrons. The van der Waals surface area contributed by atoms with Crippen LogP contribution in [0.2, 0.25) is 0 Å². The van der Waals surface area contributed by atoms with Crippen LogP contribution < -0.4 is 0 Å². The van der Waals surface area contributed by atoms with Crippen molar-refractivity contribution in [2.24, 2.45) is 0 Å². The van der Waals surface area contributed by atoms with E-state index in [1.807, 2.05) is 6.92 Å². The van der Waals surface area contributed by atoms with E-state index in [0.717, 1.165) is 6.54 Å². The molecule has 0 aromatic heterocycles. The van der Waals surface area contributed by atoms with Gasteiger partial charge >= 0.3 is 0 Å². The van der Waals surface area contributed by atoms with Gasteiger partial charge in [0, 0.05) is 12.6 Å². The highest BCUT2D eigenvalue weighted by atomic mass is 15.1. The minimum Gasteiger partial charge on any atom is -0.284 e. The fraction of sp³-hybridized carbons (Fsp3) is 0.727. The lowest BCUT2D eigenvalue weighted by Crippen LogP contribution is -2.33. The fourth-order valence-electron chi connectivity index (χ4n) is 1.94. The first kappa shape index (κ1) is 10.3. The first-order valence-electron chi connectivity index (χ1n) is 5.10. The number of nitriles is 1. The van der Waals surface area contributed by atoms with E-state index in [-0.39, 0.29) is 0 Å². The molecule has 1 fully saturated rings. The van der Waals surface area contributed by atoms with Gasteiger partial charge in [-0.1, -0.05) is 25.0 Å². The second kappa shape index (κ2) is 5.77. The second-order valence-corrected chi connectivity index (χ2v) is 3.59. The van der Waals surface area contributed by atoms with E-state index in [4.69, 9.17) is 5.26 Å². The molecule has 0 N–H and O–H groups in total. The van der Waals surface area contributed by atoms with Crippen molar-refractivity contribution in [2.75, 3.05) is 13.1 Å². The Balaban J connectivity index is 2.40. The molecule has 2 nitrogen and oxygen atoms in total. The molecule has 0 saturated heterocycles. The van der Waals surface area contributed by atoms with E-state index in [1.165, 1.54) is 25.7 Å². The summed E-state index contributed by atoms with van der Waals surface area (Å²) in [5.41, 5.74) is 0. The normalized spacial score (nSPS) is 18.5. The lowest BCUT2D eigenvalue weighted by Gasteiger charge is -2.24. The van der Waals surface area contributed by atoms with Crippen LogP contribution in [0.15, 0.2) is 12.2 Å². The zero-order valence-electron chi connectivity index (χ0n) is 8.37. The van der Waals surface area contributed by atoms with Crippen molar-refractivity contribution in [2.45, 2.75) is 38.6 Å². The third-order valence-corrected chi connectivity index (χ3v) is 2.69. The maximum atomic E-state index is 8.68. The van der Waals surface area contributed by atoms with Gasteiger partial charge in [0.15, 0.2) is 0 Å². The van der Waals surface area contributed by atoms with Gasteiger partial charge in [-0.15, -0.1) is 0 Å². The summed E-state index contributed by atoms with van der Waals surface area (Å²) in [4.78, 5) is 2.28. The van der Waals surface area contributed by atoms with Crippen molar-refractivity contribution in [1.82, 2.24) is 4.90 Å². The Morgan fingerprint density at radius 2 is 2.15 bits per heavy atom. The van der Waals surface area contributed by atoms with Crippen molar-refractivity contribution in [1.29, 1.82) is 5.26 Å². The molecule has 0 bridgehead atoms. The van der Waals surface area contributed by atoms with Crippen LogP contribution in [0.5, 0.6) is 0 Å². The molecule has 0 aromatic rings. The van der Waals surface area contributed by atoms with Gasteiger partial charge in [0.25, 0.3) is 0 Å². The number of hydrogen-bond acceptors (Lipinski definition) is 2. The van der Waals surface area contributed by atoms with E-state index in [1.54, 1.807) is 0 Å². The SMILES string of the molecule is CC=CCN(CC#N)C1CCCC1. The van der Waals surface area contributed by atoms with Crippen LogP contribution in [-0.2, 0) is 0 Å². The Hall–Kier alpha value is -0.810. The molecule has 0 amide bonds. The molecule has 0 spiro atoms. The average Bonchev–Trinajstić information content (AvgIpc) is 2.65. The molecular weight excluding hydrogens is 160 g/mol. The van der Waals surface area contributed by atoms with Crippen LogP contribution in [0.1, 0.15) is 32.6 Å². The summed E-state index contributed by atoms with van der Waals surface area (Å²) in [5.74, 6) is 0. The van der Waals surface area contributed by atoms with Crippen molar-refractivity contribution in [3.63, 3.8) is 0 Å². The molecule has 0 unspecified atom stereocenters. The number of hydrogen-bond donors (Lipinski definition) is 0. The maximum absolute atomic E-state index is 8.68. The number of allylic oxidation sites excluding steroid dienone is 1. The van der Waals surface area contributed by atoms with E-state index < -0.39 is 0 Å². The molecule has 0 aliphatic heterocycles. The van der Waals surface area contributed by atoms with Gasteiger partial charge in [-0.05, 0) is 19.8 Å². The molecule has 13 heavy (non-hydrogen) atoms. The van der Waals surface area contributed by atoms with Crippen LogP contribution in [-0.4, -0.2) is 24.0 Å². The quantitative estimate of drug-likeness (QED) is 0.488. The highest BCUT2D eigenvalue weighted by Gasteiger charge is 2.20. The summed E-state index contributed by atoms with van der Waals surface area (Å²) in [6, 6.07) is 2.91. The Kier molecular flexibility index (Phi) is 4.56. The molecular formula is C11H18N2. The van der Waals surface area contributed by atoms with Crippen LogP contribution in [0.3, 0.4) is 0 Å². The summed E-state index contributed by atoms with van der Waals surface area (Å²) in [5, 5.41) is 8.68. The largest absolute Gasteiger partial charge is 0.284 e. The predicted molar refractivity (Wildman–Crippen MR) is 54.3 cm³/mol. The molecule has 1 saturated carbocycles. The van der Waals surface area contributed by atoms with Crippen molar-refractivity contribution >= 4 is 0 Å². The topological polar surface area (TPSA) is 27.0 Å². The zero-order valence-corrected chi connectivity index (χ0v) is 8.37. The minimum atomic E-state index is 0.578. The predicted octanol–water partition coefficient (Wildman–Crippen LogP) is 2.33. The van der Waals surface area contributed by atoms with Crippen molar-refractivity contribution < 1.29 is 0 Å². The van der Waals surface area contributed by atoms with E-state index in [2.05, 4.69) is 23.1 Å². The summed E-state index contributed by atoms with van der Waals surface area (Å²) < 4.78 is 0. The van der Waals surface area contributed by atoms with Gasteiger partial charge < -0.3 is 0 Å². The Labute approximate surface area is 80.8 Å². The summed E-state index contributed by atoms with van der Waals surface area (Å²) >= 11 is 0. The molecule has 0 aromatic carbocycles. The first-order chi connectivity index (χ1) is 6.38. The van der Waals surface area contributed by atoms with E-state index in [0.29, 0.717) is 12.6 Å². The van der Waals surface area contributed by atoms with Crippen LogP contribution in [0.4, 0.5) is 0 Å². The lowest BCUT2D eigenvalue weighted by atomic mass is 10.2. The summed E-state index contributed by atoms with van der Waals surface area (Å²) in [6.45, 7) is 3.54. The molecule has 0 radical (unpaired) electrons. The fourth-order valence-corrected chi connectivity index (χ4v) is 1.94. The second-order valence-electron chi connectivity index (χ2n) is 3.59. The summed E-state index contributed by atoms with van der Waals surface area (Å²) in [6.07, 6.45) is 9.42. The van der Waals surface area contributed by atoms with Crippen molar-refractivity contribution in [3.05, 3.63) is 12.2 Å². The number of nitrogens with zero attached hydrogens (tertiary/aromatic N) is 2. The average molecular weight is 178 g/mol. The van der Waals surface area contributed by atoms with Gasteiger partial charge in [-0.2, -0.15) is 5.26 Å². The van der Waals surface area contributed by atoms with Crippen LogP contribution in [0, 0.1) is 11.3 Å². The van der Waals surface area contributed by atoms with E-state index >= 15 is 0 Å². The highest BCUT2D eigenvalue weighted by molar-refractivity contribution is 4.90. The minimum absolute atomic E-state index is 0.578. The molecule has 2 heteroatoms. The number of rotatable bonds is 4. The van der Waals surface area contributed by atoms with Crippen molar-refractivity contribution in [3.8, 4) is 6.07 Å². The highest BCUT2D eigenvalue weighted by Crippen LogP contribution is 2.22. The standard InChI is InChI=1S/C11H18N2/c1-2-3-9-13(10-8-12)11-6-4-5-7-11/h2-3,11H,4-7,9-10H2,1H3. The monoisotopic (exact) mass is 178 g/mol. The zero-order chi connectivity index (χ0) is 9.52. The third kappa shape index (κ3) is 3.20. The van der Waals surface area contributed by atoms with Gasteiger partial charge in [0.2, 0.25) is 0 Å². The Morgan fingerprint density at radius 3 is 2.69 bits per heavy atom. The van der Waals surface area contributed by atoms with Crippen LogP contribution >= 0.6 is 0 Å². The molecule has 1 aliphatic rings. The van der Waals surface area contributed by atoms with Crippen LogP contribution in [0.25, 0.3) is 0 Å².